The van der Waals surface area contributed by atoms with Crippen LogP contribution in [-0.2, 0) is 26.2 Å². The van der Waals surface area contributed by atoms with Gasteiger partial charge in [-0.2, -0.15) is 0 Å². The van der Waals surface area contributed by atoms with Crippen LogP contribution in [0.1, 0.15) is 43.7 Å². The van der Waals surface area contributed by atoms with Gasteiger partial charge in [0.15, 0.2) is 0 Å². The number of amides is 2. The summed E-state index contributed by atoms with van der Waals surface area (Å²) in [6.45, 7) is 2.81. The van der Waals surface area contributed by atoms with Crippen LogP contribution in [-0.4, -0.2) is 50.9 Å². The van der Waals surface area contributed by atoms with Gasteiger partial charge in [-0.25, -0.2) is 8.42 Å². The topological polar surface area (TPSA) is 96.0 Å². The second kappa shape index (κ2) is 13.8. The number of aryl methyl sites for hydroxylation is 1. The number of anilines is 1. The van der Waals surface area contributed by atoms with Crippen LogP contribution in [0.15, 0.2) is 71.6 Å². The molecule has 2 amide bonds. The minimum atomic E-state index is -4.20. The van der Waals surface area contributed by atoms with E-state index in [0.29, 0.717) is 21.4 Å². The molecule has 0 saturated heterocycles. The SMILES string of the molecule is COc1cccc(N(CC(=O)N(Cc2c(Cl)cccc2Cl)[C@@H](C)C(=O)NC2CCCC2)S(=O)(=O)c2ccc(C)cc2)c1. The summed E-state index contributed by atoms with van der Waals surface area (Å²) in [5.74, 6) is -0.501. The normalized spacial score (nSPS) is 14.3. The molecule has 3 aromatic carbocycles. The van der Waals surface area contributed by atoms with E-state index in [2.05, 4.69) is 5.32 Å². The summed E-state index contributed by atoms with van der Waals surface area (Å²) in [4.78, 5) is 28.9. The number of carbonyl (C=O) groups is 2. The lowest BCUT2D eigenvalue weighted by atomic mass is 10.1. The van der Waals surface area contributed by atoms with E-state index in [1.54, 1.807) is 61.5 Å². The van der Waals surface area contributed by atoms with Crippen molar-refractivity contribution in [1.82, 2.24) is 10.2 Å². The first-order chi connectivity index (χ1) is 20.0. The zero-order valence-corrected chi connectivity index (χ0v) is 26.2. The fraction of sp³-hybridized carbons (Fsp3) is 0.355. The van der Waals surface area contributed by atoms with E-state index in [-0.39, 0.29) is 29.1 Å². The Labute approximate surface area is 257 Å². The lowest BCUT2D eigenvalue weighted by Crippen LogP contribution is -2.52. The largest absolute Gasteiger partial charge is 0.497 e. The highest BCUT2D eigenvalue weighted by atomic mass is 35.5. The van der Waals surface area contributed by atoms with Crippen molar-refractivity contribution in [3.8, 4) is 5.75 Å². The minimum absolute atomic E-state index is 0.0245. The average Bonchev–Trinajstić information content (AvgIpc) is 3.48. The minimum Gasteiger partial charge on any atom is -0.497 e. The number of halogens is 2. The molecule has 224 valence electrons. The number of hydrogen-bond acceptors (Lipinski definition) is 5. The lowest BCUT2D eigenvalue weighted by molar-refractivity contribution is -0.139. The Kier molecular flexibility index (Phi) is 10.4. The van der Waals surface area contributed by atoms with Gasteiger partial charge in [-0.3, -0.25) is 13.9 Å². The van der Waals surface area contributed by atoms with Crippen LogP contribution in [0.25, 0.3) is 0 Å². The van der Waals surface area contributed by atoms with Crippen LogP contribution < -0.4 is 14.4 Å². The quantitative estimate of drug-likeness (QED) is 0.281. The summed E-state index contributed by atoms with van der Waals surface area (Å²) in [6.07, 6.45) is 3.81. The number of ether oxygens (including phenoxy) is 1. The third-order valence-electron chi connectivity index (χ3n) is 7.49. The van der Waals surface area contributed by atoms with Crippen molar-refractivity contribution < 1.29 is 22.7 Å². The molecule has 1 saturated carbocycles. The smallest absolute Gasteiger partial charge is 0.264 e. The molecule has 8 nitrogen and oxygen atoms in total. The lowest BCUT2D eigenvalue weighted by Gasteiger charge is -2.33. The zero-order valence-electron chi connectivity index (χ0n) is 23.8. The zero-order chi connectivity index (χ0) is 30.4. The van der Waals surface area contributed by atoms with Gasteiger partial charge in [-0.15, -0.1) is 0 Å². The highest BCUT2D eigenvalue weighted by molar-refractivity contribution is 7.92. The Morgan fingerprint density at radius 3 is 2.24 bits per heavy atom. The number of carbonyl (C=O) groups excluding carboxylic acids is 2. The molecule has 0 aromatic heterocycles. The van der Waals surface area contributed by atoms with E-state index in [0.717, 1.165) is 35.6 Å². The fourth-order valence-corrected chi connectivity index (χ4v) is 6.88. The molecule has 0 heterocycles. The first-order valence-corrected chi connectivity index (χ1v) is 16.0. The third-order valence-corrected chi connectivity index (χ3v) is 9.98. The van der Waals surface area contributed by atoms with Gasteiger partial charge in [-0.1, -0.05) is 65.9 Å². The molecule has 3 aromatic rings. The van der Waals surface area contributed by atoms with Crippen LogP contribution in [0.2, 0.25) is 10.0 Å². The molecule has 11 heteroatoms. The van der Waals surface area contributed by atoms with Crippen LogP contribution in [0.3, 0.4) is 0 Å². The Hall–Kier alpha value is -3.27. The van der Waals surface area contributed by atoms with Crippen molar-refractivity contribution >= 4 is 50.7 Å². The molecule has 0 radical (unpaired) electrons. The first kappa shape index (κ1) is 31.7. The maximum atomic E-state index is 14.1. The molecule has 0 spiro atoms. The number of methoxy groups -OCH3 is 1. The Balaban J connectivity index is 1.73. The fourth-order valence-electron chi connectivity index (χ4n) is 4.96. The maximum Gasteiger partial charge on any atom is 0.264 e. The molecule has 4 rings (SSSR count). The summed E-state index contributed by atoms with van der Waals surface area (Å²) in [5.41, 5.74) is 1.59. The van der Waals surface area contributed by atoms with Gasteiger partial charge in [0.05, 0.1) is 17.7 Å². The molecule has 1 aliphatic carbocycles. The predicted octanol–water partition coefficient (Wildman–Crippen LogP) is 5.98. The van der Waals surface area contributed by atoms with Crippen LogP contribution in [0, 0.1) is 6.92 Å². The van der Waals surface area contributed by atoms with E-state index in [9.17, 15) is 18.0 Å². The molecule has 1 atom stereocenters. The van der Waals surface area contributed by atoms with Crippen molar-refractivity contribution in [3.63, 3.8) is 0 Å². The standard InChI is InChI=1S/C31H35Cl2N3O5S/c1-21-14-16-26(17-15-21)42(39,40)36(24-10-6-11-25(18-24)41-3)20-30(37)35(19-27-28(32)12-7-13-29(27)33)22(2)31(38)34-23-8-4-5-9-23/h6-7,10-18,22-23H,4-5,8-9,19-20H2,1-3H3,(H,34,38)/t22-/m0/s1. The summed E-state index contributed by atoms with van der Waals surface area (Å²) in [6, 6.07) is 17.0. The Bertz CT molecular complexity index is 1510. The molecule has 1 fully saturated rings. The van der Waals surface area contributed by atoms with Gasteiger partial charge in [0.1, 0.15) is 18.3 Å². The average molecular weight is 633 g/mol. The maximum absolute atomic E-state index is 14.1. The van der Waals surface area contributed by atoms with Crippen LogP contribution in [0.4, 0.5) is 5.69 Å². The second-order valence-corrected chi connectivity index (χ2v) is 13.1. The summed E-state index contributed by atoms with van der Waals surface area (Å²) >= 11 is 12.9. The van der Waals surface area contributed by atoms with E-state index >= 15 is 0 Å². The van der Waals surface area contributed by atoms with Gasteiger partial charge in [0.2, 0.25) is 11.8 Å². The van der Waals surface area contributed by atoms with E-state index < -0.39 is 28.5 Å². The van der Waals surface area contributed by atoms with Crippen molar-refractivity contribution in [2.75, 3.05) is 18.0 Å². The predicted molar refractivity (Wildman–Crippen MR) is 166 cm³/mol. The molecular formula is C31H35Cl2N3O5S. The summed E-state index contributed by atoms with van der Waals surface area (Å²) in [7, 11) is -2.73. The molecular weight excluding hydrogens is 597 g/mol. The van der Waals surface area contributed by atoms with E-state index in [4.69, 9.17) is 27.9 Å². The molecule has 0 unspecified atom stereocenters. The third kappa shape index (κ3) is 7.38. The molecule has 1 aliphatic rings. The van der Waals surface area contributed by atoms with Crippen molar-refractivity contribution in [3.05, 3.63) is 87.9 Å². The number of nitrogens with one attached hydrogen (secondary N) is 1. The number of rotatable bonds is 11. The van der Waals surface area contributed by atoms with Crippen molar-refractivity contribution in [2.24, 2.45) is 0 Å². The Morgan fingerprint density at radius 2 is 1.62 bits per heavy atom. The number of sulfonamides is 1. The van der Waals surface area contributed by atoms with Crippen molar-refractivity contribution in [2.45, 2.75) is 63.1 Å². The van der Waals surface area contributed by atoms with Crippen LogP contribution in [0.5, 0.6) is 5.75 Å². The molecule has 0 aliphatic heterocycles. The van der Waals surface area contributed by atoms with Crippen molar-refractivity contribution in [1.29, 1.82) is 0 Å². The second-order valence-electron chi connectivity index (χ2n) is 10.4. The van der Waals surface area contributed by atoms with Gasteiger partial charge in [0.25, 0.3) is 10.0 Å². The van der Waals surface area contributed by atoms with Gasteiger partial charge < -0.3 is 15.0 Å². The van der Waals surface area contributed by atoms with Crippen LogP contribution >= 0.6 is 23.2 Å². The highest BCUT2D eigenvalue weighted by Gasteiger charge is 2.34. The van der Waals surface area contributed by atoms with Gasteiger partial charge in [0, 0.05) is 34.3 Å². The molecule has 42 heavy (non-hydrogen) atoms. The van der Waals surface area contributed by atoms with Gasteiger partial charge in [-0.05, 0) is 63.1 Å². The summed E-state index contributed by atoms with van der Waals surface area (Å²) in [5, 5.41) is 3.71. The van der Waals surface area contributed by atoms with E-state index in [1.165, 1.54) is 24.1 Å². The van der Waals surface area contributed by atoms with Gasteiger partial charge >= 0.3 is 0 Å². The monoisotopic (exact) mass is 631 g/mol. The summed E-state index contributed by atoms with van der Waals surface area (Å²) < 4.78 is 34.4. The molecule has 0 bridgehead atoms. The number of nitrogens with zero attached hydrogens (tertiary/aromatic N) is 2. The Morgan fingerprint density at radius 1 is 1.00 bits per heavy atom. The number of benzene rings is 3. The number of hydrogen-bond donors (Lipinski definition) is 1. The van der Waals surface area contributed by atoms with E-state index in [1.807, 2.05) is 6.92 Å². The molecule has 1 N–H and O–H groups in total. The highest BCUT2D eigenvalue weighted by Crippen LogP contribution is 2.30. The first-order valence-electron chi connectivity index (χ1n) is 13.8.